The van der Waals surface area contributed by atoms with E-state index in [1.807, 2.05) is 12.1 Å². The van der Waals surface area contributed by atoms with Crippen molar-refractivity contribution in [3.8, 4) is 11.5 Å². The van der Waals surface area contributed by atoms with Crippen LogP contribution < -0.4 is 0 Å². The van der Waals surface area contributed by atoms with E-state index in [0.29, 0.717) is 23.2 Å². The number of nitrogens with zero attached hydrogens (tertiary/aromatic N) is 2. The van der Waals surface area contributed by atoms with E-state index in [-0.39, 0.29) is 6.61 Å². The molecule has 1 heterocycles. The highest BCUT2D eigenvalue weighted by Crippen LogP contribution is 2.20. The van der Waals surface area contributed by atoms with Gasteiger partial charge in [0, 0.05) is 17.0 Å². The lowest BCUT2D eigenvalue weighted by atomic mass is 10.2. The Morgan fingerprint density at radius 2 is 2.27 bits per heavy atom. The monoisotopic (exact) mass is 224 g/mol. The predicted molar refractivity (Wildman–Crippen MR) is 55.5 cm³/mol. The third kappa shape index (κ3) is 2.34. The topological polar surface area (TPSA) is 59.2 Å². The summed E-state index contributed by atoms with van der Waals surface area (Å²) in [6, 6.07) is 7.17. The lowest BCUT2D eigenvalue weighted by molar-refractivity contribution is 0.293. The Morgan fingerprint density at radius 3 is 3.00 bits per heavy atom. The van der Waals surface area contributed by atoms with Gasteiger partial charge in [-0.2, -0.15) is 4.98 Å². The fraction of sp³-hybridized carbons (Fsp3) is 0.200. The number of rotatable bonds is 3. The molecule has 0 unspecified atom stereocenters. The van der Waals surface area contributed by atoms with Crippen LogP contribution in [0.1, 0.15) is 5.82 Å². The molecule has 0 amide bonds. The van der Waals surface area contributed by atoms with E-state index in [2.05, 4.69) is 10.1 Å². The molecule has 1 aromatic carbocycles. The highest BCUT2D eigenvalue weighted by molar-refractivity contribution is 6.30. The van der Waals surface area contributed by atoms with Crippen molar-refractivity contribution in [2.45, 2.75) is 6.42 Å². The minimum Gasteiger partial charge on any atom is -0.396 e. The molecule has 15 heavy (non-hydrogen) atoms. The van der Waals surface area contributed by atoms with E-state index in [1.165, 1.54) is 0 Å². The van der Waals surface area contributed by atoms with Crippen LogP contribution in [-0.2, 0) is 6.42 Å². The maximum absolute atomic E-state index is 8.70. The molecule has 0 aliphatic rings. The van der Waals surface area contributed by atoms with Crippen LogP contribution in [0.4, 0.5) is 0 Å². The van der Waals surface area contributed by atoms with Crippen LogP contribution in [0.15, 0.2) is 28.8 Å². The van der Waals surface area contributed by atoms with Crippen molar-refractivity contribution < 1.29 is 9.63 Å². The number of hydrogen-bond donors (Lipinski definition) is 1. The van der Waals surface area contributed by atoms with Crippen LogP contribution in [0, 0.1) is 0 Å². The first kappa shape index (κ1) is 10.1. The predicted octanol–water partition coefficient (Wildman–Crippen LogP) is 1.92. The molecule has 0 aliphatic carbocycles. The number of benzene rings is 1. The minimum atomic E-state index is 0.00845. The largest absolute Gasteiger partial charge is 0.396 e. The van der Waals surface area contributed by atoms with Crippen LogP contribution in [-0.4, -0.2) is 21.9 Å². The van der Waals surface area contributed by atoms with Gasteiger partial charge in [-0.15, -0.1) is 0 Å². The molecule has 0 spiro atoms. The van der Waals surface area contributed by atoms with Crippen LogP contribution in [0.25, 0.3) is 11.5 Å². The average molecular weight is 225 g/mol. The zero-order valence-corrected chi connectivity index (χ0v) is 8.61. The molecule has 2 aromatic rings. The summed E-state index contributed by atoms with van der Waals surface area (Å²) in [6.07, 6.45) is 0.393. The molecular weight excluding hydrogens is 216 g/mol. The van der Waals surface area contributed by atoms with Gasteiger partial charge in [-0.3, -0.25) is 0 Å². The number of aliphatic hydroxyl groups is 1. The van der Waals surface area contributed by atoms with Crippen molar-refractivity contribution in [3.63, 3.8) is 0 Å². The number of halogens is 1. The molecule has 0 radical (unpaired) electrons. The molecule has 78 valence electrons. The second kappa shape index (κ2) is 4.42. The number of aliphatic hydroxyl groups excluding tert-OH is 1. The maximum Gasteiger partial charge on any atom is 0.257 e. The van der Waals surface area contributed by atoms with Crippen molar-refractivity contribution in [1.29, 1.82) is 0 Å². The standard InChI is InChI=1S/C10H9ClN2O2/c11-8-3-1-2-7(6-8)10-12-9(4-5-14)13-15-10/h1-3,6,14H,4-5H2. The zero-order chi connectivity index (χ0) is 10.7. The number of hydrogen-bond acceptors (Lipinski definition) is 4. The Labute approximate surface area is 91.5 Å². The molecule has 1 aromatic heterocycles. The van der Waals surface area contributed by atoms with Crippen molar-refractivity contribution in [3.05, 3.63) is 35.1 Å². The Hall–Kier alpha value is -1.39. The lowest BCUT2D eigenvalue weighted by Gasteiger charge is -1.93. The Balaban J connectivity index is 2.29. The van der Waals surface area contributed by atoms with E-state index in [0.717, 1.165) is 5.56 Å². The lowest BCUT2D eigenvalue weighted by Crippen LogP contribution is -1.92. The van der Waals surface area contributed by atoms with Gasteiger partial charge in [0.15, 0.2) is 5.82 Å². The SMILES string of the molecule is OCCc1noc(-c2cccc(Cl)c2)n1. The summed E-state index contributed by atoms with van der Waals surface area (Å²) >= 11 is 5.83. The van der Waals surface area contributed by atoms with Gasteiger partial charge in [0.05, 0.1) is 6.61 Å². The van der Waals surface area contributed by atoms with Gasteiger partial charge in [0.2, 0.25) is 0 Å². The molecule has 0 bridgehead atoms. The third-order valence-electron chi connectivity index (χ3n) is 1.88. The van der Waals surface area contributed by atoms with Gasteiger partial charge < -0.3 is 9.63 Å². The summed E-state index contributed by atoms with van der Waals surface area (Å²) in [7, 11) is 0. The first-order valence-corrected chi connectivity index (χ1v) is 4.87. The molecule has 5 heteroatoms. The Kier molecular flexibility index (Phi) is 2.99. The van der Waals surface area contributed by atoms with Gasteiger partial charge in [-0.25, -0.2) is 0 Å². The molecule has 0 aliphatic heterocycles. The van der Waals surface area contributed by atoms with E-state index < -0.39 is 0 Å². The van der Waals surface area contributed by atoms with Gasteiger partial charge in [0.1, 0.15) is 0 Å². The van der Waals surface area contributed by atoms with Crippen LogP contribution in [0.3, 0.4) is 0 Å². The molecule has 1 N–H and O–H groups in total. The van der Waals surface area contributed by atoms with Gasteiger partial charge in [0.25, 0.3) is 5.89 Å². The van der Waals surface area contributed by atoms with E-state index in [1.54, 1.807) is 12.1 Å². The molecule has 0 atom stereocenters. The average Bonchev–Trinajstić information content (AvgIpc) is 2.67. The highest BCUT2D eigenvalue weighted by atomic mass is 35.5. The zero-order valence-electron chi connectivity index (χ0n) is 7.85. The van der Waals surface area contributed by atoms with Crippen LogP contribution in [0.5, 0.6) is 0 Å². The van der Waals surface area contributed by atoms with E-state index in [4.69, 9.17) is 21.2 Å². The third-order valence-corrected chi connectivity index (χ3v) is 2.11. The summed E-state index contributed by atoms with van der Waals surface area (Å²) < 4.78 is 5.03. The van der Waals surface area contributed by atoms with Gasteiger partial charge >= 0.3 is 0 Å². The second-order valence-corrected chi connectivity index (χ2v) is 3.44. The summed E-state index contributed by atoms with van der Waals surface area (Å²) in [5.41, 5.74) is 0.777. The highest BCUT2D eigenvalue weighted by Gasteiger charge is 2.08. The minimum absolute atomic E-state index is 0.00845. The summed E-state index contributed by atoms with van der Waals surface area (Å²) in [5, 5.41) is 13.0. The van der Waals surface area contributed by atoms with Crippen LogP contribution >= 0.6 is 11.6 Å². The molecule has 4 nitrogen and oxygen atoms in total. The first-order chi connectivity index (χ1) is 7.29. The van der Waals surface area contributed by atoms with Crippen molar-refractivity contribution in [2.75, 3.05) is 6.61 Å². The molecule has 0 fully saturated rings. The summed E-state index contributed by atoms with van der Waals surface area (Å²) in [5.74, 6) is 0.911. The fourth-order valence-electron chi connectivity index (χ4n) is 1.19. The van der Waals surface area contributed by atoms with E-state index in [9.17, 15) is 0 Å². The normalized spacial score (nSPS) is 10.5. The fourth-order valence-corrected chi connectivity index (χ4v) is 1.38. The number of aromatic nitrogens is 2. The van der Waals surface area contributed by atoms with E-state index >= 15 is 0 Å². The first-order valence-electron chi connectivity index (χ1n) is 4.49. The van der Waals surface area contributed by atoms with Gasteiger partial charge in [-0.05, 0) is 18.2 Å². The van der Waals surface area contributed by atoms with Crippen molar-refractivity contribution in [2.24, 2.45) is 0 Å². The summed E-state index contributed by atoms with van der Waals surface area (Å²) in [4.78, 5) is 4.11. The molecule has 0 saturated carbocycles. The second-order valence-electron chi connectivity index (χ2n) is 3.00. The molecule has 0 saturated heterocycles. The smallest absolute Gasteiger partial charge is 0.257 e. The van der Waals surface area contributed by atoms with Crippen molar-refractivity contribution in [1.82, 2.24) is 10.1 Å². The summed E-state index contributed by atoms with van der Waals surface area (Å²) in [6.45, 7) is 0.00845. The van der Waals surface area contributed by atoms with Crippen LogP contribution in [0.2, 0.25) is 5.02 Å². The molecule has 2 rings (SSSR count). The molecular formula is C10H9ClN2O2. The van der Waals surface area contributed by atoms with Crippen molar-refractivity contribution >= 4 is 11.6 Å². The van der Waals surface area contributed by atoms with Gasteiger partial charge in [-0.1, -0.05) is 22.8 Å². The quantitative estimate of drug-likeness (QED) is 0.866. The Bertz CT molecular complexity index is 456. The Morgan fingerprint density at radius 1 is 1.40 bits per heavy atom. The maximum atomic E-state index is 8.70.